The van der Waals surface area contributed by atoms with Crippen LogP contribution in [0.5, 0.6) is 0 Å². The standard InChI is InChI=1S/C27H53NO3/c1-3-5-7-9-10-11-12-13-14-15-16-17-18-19-20-22-26(30)25(24-29)28-27(31)23-21-8-6-4-2/h20,22,25-26,29-30H,3-19,21,23-24H2,1-2H3,(H,28,31)/b22-20+. The second kappa shape index (κ2) is 23.8. The normalized spacial score (nSPS) is 13.5. The van der Waals surface area contributed by atoms with E-state index in [0.717, 1.165) is 38.5 Å². The van der Waals surface area contributed by atoms with Crippen LogP contribution in [0.4, 0.5) is 0 Å². The summed E-state index contributed by atoms with van der Waals surface area (Å²) in [5.41, 5.74) is 0. The van der Waals surface area contributed by atoms with Gasteiger partial charge in [-0.15, -0.1) is 0 Å². The van der Waals surface area contributed by atoms with Gasteiger partial charge < -0.3 is 15.5 Å². The molecule has 184 valence electrons. The first-order valence-corrected chi connectivity index (χ1v) is 13.4. The van der Waals surface area contributed by atoms with Crippen LogP contribution in [0.15, 0.2) is 12.2 Å². The van der Waals surface area contributed by atoms with E-state index in [0.29, 0.717) is 6.42 Å². The van der Waals surface area contributed by atoms with Crippen LogP contribution in [0, 0.1) is 0 Å². The molecule has 0 saturated heterocycles. The van der Waals surface area contributed by atoms with Gasteiger partial charge in [-0.25, -0.2) is 0 Å². The first-order valence-electron chi connectivity index (χ1n) is 13.4. The van der Waals surface area contributed by atoms with Gasteiger partial charge in [0.05, 0.1) is 18.8 Å². The maximum absolute atomic E-state index is 11.9. The Hall–Kier alpha value is -0.870. The molecule has 0 fully saturated rings. The number of unbranched alkanes of at least 4 members (excludes halogenated alkanes) is 16. The van der Waals surface area contributed by atoms with Crippen LogP contribution >= 0.6 is 0 Å². The minimum absolute atomic E-state index is 0.0842. The van der Waals surface area contributed by atoms with Gasteiger partial charge in [0.25, 0.3) is 0 Å². The molecule has 0 aromatic carbocycles. The van der Waals surface area contributed by atoms with Crippen molar-refractivity contribution >= 4 is 5.91 Å². The zero-order valence-electron chi connectivity index (χ0n) is 20.8. The predicted octanol–water partition coefficient (Wildman–Crippen LogP) is 6.83. The molecule has 0 aromatic heterocycles. The predicted molar refractivity (Wildman–Crippen MR) is 133 cm³/mol. The molecule has 0 aliphatic rings. The third-order valence-corrected chi connectivity index (χ3v) is 6.02. The third kappa shape index (κ3) is 20.8. The van der Waals surface area contributed by atoms with Gasteiger partial charge in [-0.2, -0.15) is 0 Å². The van der Waals surface area contributed by atoms with Crippen LogP contribution in [0.3, 0.4) is 0 Å². The molecule has 0 rings (SSSR count). The number of allylic oxidation sites excluding steroid dienone is 1. The molecule has 31 heavy (non-hydrogen) atoms. The molecule has 4 heteroatoms. The molecule has 2 unspecified atom stereocenters. The SMILES string of the molecule is CCCCCCCCCCCCCCC/C=C/C(O)C(CO)NC(=O)CCCCCC. The molecule has 3 N–H and O–H groups in total. The fourth-order valence-electron chi connectivity index (χ4n) is 3.88. The lowest BCUT2D eigenvalue weighted by Gasteiger charge is -2.19. The summed E-state index contributed by atoms with van der Waals surface area (Å²) in [5, 5.41) is 22.4. The summed E-state index contributed by atoms with van der Waals surface area (Å²) in [6, 6.07) is -0.610. The maximum atomic E-state index is 11.9. The van der Waals surface area contributed by atoms with Crippen molar-refractivity contribution in [3.63, 3.8) is 0 Å². The maximum Gasteiger partial charge on any atom is 0.220 e. The van der Waals surface area contributed by atoms with E-state index in [4.69, 9.17) is 0 Å². The molecule has 1 amide bonds. The highest BCUT2D eigenvalue weighted by molar-refractivity contribution is 5.76. The summed E-state index contributed by atoms with van der Waals surface area (Å²) in [7, 11) is 0. The van der Waals surface area contributed by atoms with Crippen molar-refractivity contribution in [3.05, 3.63) is 12.2 Å². The van der Waals surface area contributed by atoms with Gasteiger partial charge in [0, 0.05) is 6.42 Å². The topological polar surface area (TPSA) is 69.6 Å². The molecule has 0 aromatic rings. The molecule has 0 aliphatic heterocycles. The Morgan fingerprint density at radius 3 is 1.68 bits per heavy atom. The summed E-state index contributed by atoms with van der Waals surface area (Å²) in [6.07, 6.45) is 26.0. The molecule has 0 spiro atoms. The Labute approximate surface area is 193 Å². The van der Waals surface area contributed by atoms with Gasteiger partial charge in [0.1, 0.15) is 0 Å². The van der Waals surface area contributed by atoms with E-state index in [-0.39, 0.29) is 12.5 Å². The lowest BCUT2D eigenvalue weighted by molar-refractivity contribution is -0.123. The average molecular weight is 440 g/mol. The van der Waals surface area contributed by atoms with Crippen LogP contribution in [0.25, 0.3) is 0 Å². The van der Waals surface area contributed by atoms with Crippen molar-refractivity contribution in [1.29, 1.82) is 0 Å². The van der Waals surface area contributed by atoms with Gasteiger partial charge in [0.15, 0.2) is 0 Å². The Morgan fingerprint density at radius 1 is 0.742 bits per heavy atom. The van der Waals surface area contributed by atoms with Gasteiger partial charge >= 0.3 is 0 Å². The van der Waals surface area contributed by atoms with E-state index in [1.807, 2.05) is 6.08 Å². The molecule has 0 saturated carbocycles. The highest BCUT2D eigenvalue weighted by Crippen LogP contribution is 2.13. The zero-order valence-corrected chi connectivity index (χ0v) is 20.8. The van der Waals surface area contributed by atoms with E-state index >= 15 is 0 Å². The number of carbonyl (C=O) groups is 1. The minimum atomic E-state index is -0.827. The summed E-state index contributed by atoms with van der Waals surface area (Å²) in [6.45, 7) is 4.17. The van der Waals surface area contributed by atoms with E-state index < -0.39 is 12.1 Å². The average Bonchev–Trinajstić information content (AvgIpc) is 2.77. The Bertz CT molecular complexity index is 411. The smallest absolute Gasteiger partial charge is 0.220 e. The highest BCUT2D eigenvalue weighted by Gasteiger charge is 2.17. The molecular formula is C27H53NO3. The number of aliphatic hydroxyl groups is 2. The number of hydrogen-bond acceptors (Lipinski definition) is 3. The van der Waals surface area contributed by atoms with Crippen LogP contribution < -0.4 is 5.32 Å². The van der Waals surface area contributed by atoms with Gasteiger partial charge in [-0.1, -0.05) is 122 Å². The molecule has 2 atom stereocenters. The van der Waals surface area contributed by atoms with Crippen molar-refractivity contribution in [1.82, 2.24) is 5.32 Å². The number of aliphatic hydroxyl groups excluding tert-OH is 2. The molecule has 0 radical (unpaired) electrons. The van der Waals surface area contributed by atoms with E-state index in [9.17, 15) is 15.0 Å². The second-order valence-electron chi connectivity index (χ2n) is 9.12. The van der Waals surface area contributed by atoms with Crippen molar-refractivity contribution in [2.24, 2.45) is 0 Å². The summed E-state index contributed by atoms with van der Waals surface area (Å²) >= 11 is 0. The zero-order chi connectivity index (χ0) is 23.0. The lowest BCUT2D eigenvalue weighted by atomic mass is 10.0. The molecule has 4 nitrogen and oxygen atoms in total. The second-order valence-corrected chi connectivity index (χ2v) is 9.12. The van der Waals surface area contributed by atoms with Crippen molar-refractivity contribution < 1.29 is 15.0 Å². The molecule has 0 heterocycles. The largest absolute Gasteiger partial charge is 0.394 e. The van der Waals surface area contributed by atoms with Gasteiger partial charge in [-0.3, -0.25) is 4.79 Å². The Kier molecular flexibility index (Phi) is 23.1. The van der Waals surface area contributed by atoms with Crippen molar-refractivity contribution in [2.75, 3.05) is 6.61 Å². The molecule has 0 bridgehead atoms. The van der Waals surface area contributed by atoms with E-state index in [1.165, 1.54) is 77.0 Å². The number of nitrogens with one attached hydrogen (secondary N) is 1. The summed E-state index contributed by atoms with van der Waals surface area (Å²) < 4.78 is 0. The monoisotopic (exact) mass is 439 g/mol. The van der Waals surface area contributed by atoms with Gasteiger partial charge in [-0.05, 0) is 19.3 Å². The first kappa shape index (κ1) is 30.1. The quantitative estimate of drug-likeness (QED) is 0.121. The number of rotatable bonds is 23. The summed E-state index contributed by atoms with van der Waals surface area (Å²) in [5.74, 6) is -0.0842. The Morgan fingerprint density at radius 2 is 1.19 bits per heavy atom. The number of hydrogen-bond donors (Lipinski definition) is 3. The van der Waals surface area contributed by atoms with Crippen molar-refractivity contribution in [2.45, 2.75) is 148 Å². The number of carbonyl (C=O) groups excluding carboxylic acids is 1. The lowest BCUT2D eigenvalue weighted by Crippen LogP contribution is -2.45. The highest BCUT2D eigenvalue weighted by atomic mass is 16.3. The van der Waals surface area contributed by atoms with Crippen molar-refractivity contribution in [3.8, 4) is 0 Å². The third-order valence-electron chi connectivity index (χ3n) is 6.02. The van der Waals surface area contributed by atoms with E-state index in [2.05, 4.69) is 19.2 Å². The van der Waals surface area contributed by atoms with E-state index in [1.54, 1.807) is 6.08 Å². The minimum Gasteiger partial charge on any atom is -0.394 e. The van der Waals surface area contributed by atoms with Crippen LogP contribution in [-0.2, 0) is 4.79 Å². The fourth-order valence-corrected chi connectivity index (χ4v) is 3.88. The number of amides is 1. The first-order chi connectivity index (χ1) is 15.2. The molecule has 0 aliphatic carbocycles. The van der Waals surface area contributed by atoms with Crippen LogP contribution in [0.2, 0.25) is 0 Å². The van der Waals surface area contributed by atoms with Crippen LogP contribution in [0.1, 0.15) is 136 Å². The Balaban J connectivity index is 3.61. The molecular weight excluding hydrogens is 386 g/mol. The fraction of sp³-hybridized carbons (Fsp3) is 0.889. The summed E-state index contributed by atoms with van der Waals surface area (Å²) in [4.78, 5) is 11.9. The van der Waals surface area contributed by atoms with Gasteiger partial charge in [0.2, 0.25) is 5.91 Å². The van der Waals surface area contributed by atoms with Crippen LogP contribution in [-0.4, -0.2) is 34.9 Å².